The normalized spacial score (nSPS) is 32.4. The fourth-order valence-electron chi connectivity index (χ4n) is 6.21. The maximum absolute atomic E-state index is 15.1. The Bertz CT molecular complexity index is 1160. The number of piperidine rings is 1. The second kappa shape index (κ2) is 8.11. The quantitative estimate of drug-likeness (QED) is 0.551. The van der Waals surface area contributed by atoms with Gasteiger partial charge >= 0.3 is 0 Å². The summed E-state index contributed by atoms with van der Waals surface area (Å²) in [5.41, 5.74) is 4.98. The van der Waals surface area contributed by atoms with Crippen molar-refractivity contribution in [2.45, 2.75) is 49.2 Å². The fourth-order valence-corrected chi connectivity index (χ4v) is 7.20. The molecule has 186 valence electrons. The van der Waals surface area contributed by atoms with Crippen molar-refractivity contribution in [3.8, 4) is 0 Å². The molecule has 0 spiro atoms. The van der Waals surface area contributed by atoms with Crippen LogP contribution in [0.1, 0.15) is 37.2 Å². The number of nitrogens with one attached hydrogen (secondary N) is 1. The van der Waals surface area contributed by atoms with Crippen molar-refractivity contribution in [2.75, 3.05) is 25.9 Å². The van der Waals surface area contributed by atoms with Crippen molar-refractivity contribution in [1.29, 1.82) is 0 Å². The van der Waals surface area contributed by atoms with Gasteiger partial charge in [-0.3, -0.25) is 9.59 Å². The van der Waals surface area contributed by atoms with Crippen LogP contribution in [0.25, 0.3) is 0 Å². The average Bonchev–Trinajstić information content (AvgIpc) is 3.69. The lowest BCUT2D eigenvalue weighted by atomic mass is 9.82. The average molecular weight is 517 g/mol. The van der Waals surface area contributed by atoms with Gasteiger partial charge in [-0.05, 0) is 55.2 Å². The molecule has 5 rings (SSSR count). The molecule has 34 heavy (non-hydrogen) atoms. The van der Waals surface area contributed by atoms with Crippen molar-refractivity contribution < 1.29 is 26.8 Å². The molecular formula is C22H27ClF2N4O4S. The summed E-state index contributed by atoms with van der Waals surface area (Å²) in [6.07, 6.45) is 3.59. The minimum absolute atomic E-state index is 0.0360. The second-order valence-corrected chi connectivity index (χ2v) is 12.4. The molecule has 0 aromatic heterocycles. The summed E-state index contributed by atoms with van der Waals surface area (Å²) in [4.78, 5) is 27.7. The first-order chi connectivity index (χ1) is 15.9. The Kier molecular flexibility index (Phi) is 5.70. The van der Waals surface area contributed by atoms with Crippen LogP contribution in [0.4, 0.5) is 8.78 Å². The molecule has 2 aliphatic carbocycles. The van der Waals surface area contributed by atoms with Crippen molar-refractivity contribution in [3.63, 3.8) is 0 Å². The minimum Gasteiger partial charge on any atom is -0.368 e. The first-order valence-corrected chi connectivity index (χ1v) is 13.6. The number of sulfonamides is 1. The first kappa shape index (κ1) is 23.9. The highest BCUT2D eigenvalue weighted by atomic mass is 35.5. The van der Waals surface area contributed by atoms with Crippen LogP contribution in [0, 0.1) is 23.5 Å². The Hall–Kier alpha value is -1.82. The number of halogens is 3. The molecule has 4 fully saturated rings. The van der Waals surface area contributed by atoms with Crippen LogP contribution < -0.4 is 11.1 Å². The number of nitrogens with two attached hydrogens (primary N) is 1. The lowest BCUT2D eigenvalue weighted by Crippen LogP contribution is -2.63. The number of fused-ring (bicyclic) bond motifs is 1. The third-order valence-corrected chi connectivity index (χ3v) is 9.43. The molecule has 3 N–H and O–H groups in total. The van der Waals surface area contributed by atoms with Gasteiger partial charge in [0.2, 0.25) is 21.8 Å². The zero-order valence-corrected chi connectivity index (χ0v) is 20.2. The lowest BCUT2D eigenvalue weighted by Gasteiger charge is -2.42. The number of hydrogen-bond donors (Lipinski definition) is 2. The number of hydrogen-bond acceptors (Lipinski definition) is 5. The molecule has 1 aromatic carbocycles. The van der Waals surface area contributed by atoms with E-state index in [4.69, 9.17) is 17.3 Å². The monoisotopic (exact) mass is 516 g/mol. The van der Waals surface area contributed by atoms with Crippen LogP contribution in [-0.4, -0.2) is 72.9 Å². The number of benzene rings is 1. The van der Waals surface area contributed by atoms with E-state index < -0.39 is 57.0 Å². The van der Waals surface area contributed by atoms with E-state index in [1.54, 1.807) is 0 Å². The number of nitrogens with zero attached hydrogens (tertiary/aromatic N) is 2. The largest absolute Gasteiger partial charge is 0.368 e. The highest BCUT2D eigenvalue weighted by Gasteiger charge is 2.73. The van der Waals surface area contributed by atoms with Gasteiger partial charge in [-0.1, -0.05) is 11.6 Å². The molecular weight excluding hydrogens is 490 g/mol. The molecule has 2 saturated carbocycles. The molecule has 2 aliphatic heterocycles. The van der Waals surface area contributed by atoms with Gasteiger partial charge in [0.05, 0.1) is 16.8 Å². The molecule has 4 aliphatic rings. The first-order valence-electron chi connectivity index (χ1n) is 11.4. The number of carbonyl (C=O) groups excluding carboxylic acids is 2. The van der Waals surface area contributed by atoms with Crippen LogP contribution in [0.3, 0.4) is 0 Å². The molecule has 3 unspecified atom stereocenters. The van der Waals surface area contributed by atoms with Crippen molar-refractivity contribution in [3.05, 3.63) is 34.4 Å². The molecule has 2 saturated heterocycles. The smallest absolute Gasteiger partial charge is 0.242 e. The number of primary amides is 1. The van der Waals surface area contributed by atoms with Crippen LogP contribution in [0.2, 0.25) is 5.02 Å². The van der Waals surface area contributed by atoms with Crippen LogP contribution >= 0.6 is 11.6 Å². The summed E-state index contributed by atoms with van der Waals surface area (Å²) < 4.78 is 54.9. The molecule has 5 atom stereocenters. The molecule has 1 aromatic rings. The van der Waals surface area contributed by atoms with E-state index in [1.165, 1.54) is 9.21 Å². The maximum atomic E-state index is 15.1. The molecule has 8 nitrogen and oxygen atoms in total. The van der Waals surface area contributed by atoms with E-state index in [0.717, 1.165) is 31.2 Å². The molecule has 12 heteroatoms. The zero-order chi connectivity index (χ0) is 24.6. The summed E-state index contributed by atoms with van der Waals surface area (Å²) in [7, 11) is -3.51. The fraction of sp³-hybridized carbons (Fsp3) is 0.636. The Morgan fingerprint density at radius 2 is 1.97 bits per heavy atom. The predicted molar refractivity (Wildman–Crippen MR) is 120 cm³/mol. The van der Waals surface area contributed by atoms with Gasteiger partial charge in [-0.15, -0.1) is 0 Å². The molecule has 0 radical (unpaired) electrons. The molecule has 2 heterocycles. The van der Waals surface area contributed by atoms with Crippen molar-refractivity contribution in [2.24, 2.45) is 17.6 Å². The van der Waals surface area contributed by atoms with Gasteiger partial charge < -0.3 is 16.0 Å². The molecule has 0 bridgehead atoms. The highest BCUT2D eigenvalue weighted by Crippen LogP contribution is 2.69. The Balaban J connectivity index is 1.54. The van der Waals surface area contributed by atoms with Crippen molar-refractivity contribution in [1.82, 2.24) is 14.5 Å². The van der Waals surface area contributed by atoms with Crippen LogP contribution in [-0.2, 0) is 19.6 Å². The Morgan fingerprint density at radius 1 is 1.26 bits per heavy atom. The van der Waals surface area contributed by atoms with E-state index in [2.05, 4.69) is 5.32 Å². The van der Waals surface area contributed by atoms with E-state index in [1.807, 2.05) is 0 Å². The van der Waals surface area contributed by atoms with E-state index >= 15 is 4.39 Å². The van der Waals surface area contributed by atoms with Crippen LogP contribution in [0.5, 0.6) is 0 Å². The maximum Gasteiger partial charge on any atom is 0.242 e. The summed E-state index contributed by atoms with van der Waals surface area (Å²) in [5.74, 6) is -3.02. The summed E-state index contributed by atoms with van der Waals surface area (Å²) >= 11 is 5.78. The SMILES string of the molecule is CS(=O)(=O)N1CCN[C@H](C(=O)N2C(C(N)=O)CC3CC32[C@@H](c2cc(F)c(Cl)cc2F)C2CC2)C1. The number of carbonyl (C=O) groups is 2. The zero-order valence-electron chi connectivity index (χ0n) is 18.6. The summed E-state index contributed by atoms with van der Waals surface area (Å²) in [6, 6.07) is 0.306. The van der Waals surface area contributed by atoms with Gasteiger partial charge in [0.1, 0.15) is 23.7 Å². The van der Waals surface area contributed by atoms with Gasteiger partial charge in [0.15, 0.2) is 0 Å². The standard InChI is InChI=1S/C22H27ClF2N4O4S/c1-34(32,33)28-5-4-27-17(10-28)21(31)29-18(20(26)30)6-12-9-22(12,29)19(11-2-3-11)13-7-16(25)14(23)8-15(13)24/h7-8,11-12,17-19,27H,2-6,9-10H2,1H3,(H2,26,30)/t12?,17-,18?,19+,22?/m0/s1. The highest BCUT2D eigenvalue weighted by molar-refractivity contribution is 7.88. The van der Waals surface area contributed by atoms with E-state index in [-0.39, 0.29) is 42.1 Å². The minimum atomic E-state index is -3.51. The summed E-state index contributed by atoms with van der Waals surface area (Å²) in [5, 5.41) is 2.75. The third kappa shape index (κ3) is 3.81. The Morgan fingerprint density at radius 3 is 2.59 bits per heavy atom. The van der Waals surface area contributed by atoms with Gasteiger partial charge in [-0.25, -0.2) is 17.2 Å². The van der Waals surface area contributed by atoms with Crippen molar-refractivity contribution >= 4 is 33.4 Å². The number of rotatable bonds is 6. The topological polar surface area (TPSA) is 113 Å². The van der Waals surface area contributed by atoms with Gasteiger partial charge in [0, 0.05) is 25.6 Å². The second-order valence-electron chi connectivity index (χ2n) is 9.99. The van der Waals surface area contributed by atoms with Gasteiger partial charge in [-0.2, -0.15) is 4.31 Å². The Labute approximate surface area is 201 Å². The predicted octanol–water partition coefficient (Wildman–Crippen LogP) is 1.19. The summed E-state index contributed by atoms with van der Waals surface area (Å²) in [6.45, 7) is 0.437. The number of likely N-dealkylation sites (tertiary alicyclic amines) is 1. The van der Waals surface area contributed by atoms with E-state index in [0.29, 0.717) is 12.8 Å². The third-order valence-electron chi connectivity index (χ3n) is 7.87. The van der Waals surface area contributed by atoms with Gasteiger partial charge in [0.25, 0.3) is 0 Å². The lowest BCUT2D eigenvalue weighted by molar-refractivity contribution is -0.144. The molecule has 2 amide bonds. The number of piperazine rings is 1. The van der Waals surface area contributed by atoms with Crippen LogP contribution in [0.15, 0.2) is 12.1 Å². The van der Waals surface area contributed by atoms with E-state index in [9.17, 15) is 22.4 Å². The number of amides is 2.